The van der Waals surface area contributed by atoms with Gasteiger partial charge in [-0.1, -0.05) is 0 Å². The van der Waals surface area contributed by atoms with Gasteiger partial charge in [-0.15, -0.1) is 0 Å². The van der Waals surface area contributed by atoms with Crippen LogP contribution in [0.5, 0.6) is 5.75 Å². The van der Waals surface area contributed by atoms with Crippen LogP contribution < -0.4 is 10.1 Å². The average molecular weight is 259 g/mol. The number of aromatic nitrogens is 2. The zero-order chi connectivity index (χ0) is 14.0. The Morgan fingerprint density at radius 1 is 1.26 bits per heavy atom. The molecule has 102 valence electrons. The highest BCUT2D eigenvalue weighted by Crippen LogP contribution is 2.31. The summed E-state index contributed by atoms with van der Waals surface area (Å²) < 4.78 is 7.27. The molecule has 2 rings (SSSR count). The van der Waals surface area contributed by atoms with Gasteiger partial charge in [0.1, 0.15) is 5.75 Å². The second-order valence-electron chi connectivity index (χ2n) is 4.84. The predicted molar refractivity (Wildman–Crippen MR) is 77.4 cm³/mol. The standard InChI is InChI=1S/C15H21N3O/c1-10-6-12(7-11(2)15(10)19-5)13-9-18(4)17-14(13)8-16-3/h6-7,9,16H,8H2,1-5H3. The number of nitrogens with zero attached hydrogens (tertiary/aromatic N) is 2. The molecular weight excluding hydrogens is 238 g/mol. The van der Waals surface area contributed by atoms with E-state index in [1.165, 1.54) is 11.1 Å². The molecule has 19 heavy (non-hydrogen) atoms. The summed E-state index contributed by atoms with van der Waals surface area (Å²) in [7, 11) is 5.60. The summed E-state index contributed by atoms with van der Waals surface area (Å²) in [5.41, 5.74) is 5.72. The van der Waals surface area contributed by atoms with Crippen LogP contribution in [0.4, 0.5) is 0 Å². The van der Waals surface area contributed by atoms with Crippen molar-refractivity contribution < 1.29 is 4.74 Å². The molecule has 2 aromatic rings. The van der Waals surface area contributed by atoms with E-state index in [2.05, 4.69) is 42.6 Å². The minimum absolute atomic E-state index is 0.764. The highest BCUT2D eigenvalue weighted by atomic mass is 16.5. The molecule has 0 aliphatic rings. The molecule has 0 spiro atoms. The topological polar surface area (TPSA) is 39.1 Å². The Kier molecular flexibility index (Phi) is 3.90. The first-order chi connectivity index (χ1) is 9.06. The highest BCUT2D eigenvalue weighted by Gasteiger charge is 2.12. The van der Waals surface area contributed by atoms with Crippen LogP contribution in [-0.4, -0.2) is 23.9 Å². The van der Waals surface area contributed by atoms with Crippen LogP contribution in [0.25, 0.3) is 11.1 Å². The van der Waals surface area contributed by atoms with Crippen molar-refractivity contribution in [2.45, 2.75) is 20.4 Å². The smallest absolute Gasteiger partial charge is 0.124 e. The van der Waals surface area contributed by atoms with E-state index in [4.69, 9.17) is 4.74 Å². The van der Waals surface area contributed by atoms with Gasteiger partial charge in [-0.25, -0.2) is 0 Å². The lowest BCUT2D eigenvalue weighted by atomic mass is 10.00. The highest BCUT2D eigenvalue weighted by molar-refractivity contribution is 5.69. The third-order valence-corrected chi connectivity index (χ3v) is 3.22. The molecule has 0 amide bonds. The van der Waals surface area contributed by atoms with Gasteiger partial charge in [0, 0.05) is 25.4 Å². The van der Waals surface area contributed by atoms with Crippen molar-refractivity contribution in [2.24, 2.45) is 7.05 Å². The second-order valence-corrected chi connectivity index (χ2v) is 4.84. The third-order valence-electron chi connectivity index (χ3n) is 3.22. The fourth-order valence-corrected chi connectivity index (χ4v) is 2.50. The summed E-state index contributed by atoms with van der Waals surface area (Å²) in [5.74, 6) is 0.961. The fraction of sp³-hybridized carbons (Fsp3) is 0.400. The molecule has 0 atom stereocenters. The van der Waals surface area contributed by atoms with Crippen LogP contribution in [0.3, 0.4) is 0 Å². The van der Waals surface area contributed by atoms with Gasteiger partial charge in [0.15, 0.2) is 0 Å². The van der Waals surface area contributed by atoms with E-state index in [1.807, 2.05) is 18.8 Å². The number of methoxy groups -OCH3 is 1. The molecule has 4 nitrogen and oxygen atoms in total. The predicted octanol–water partition coefficient (Wildman–Crippen LogP) is 2.43. The van der Waals surface area contributed by atoms with Crippen molar-refractivity contribution in [3.05, 3.63) is 35.2 Å². The lowest BCUT2D eigenvalue weighted by molar-refractivity contribution is 0.408. The molecule has 1 N–H and O–H groups in total. The number of aryl methyl sites for hydroxylation is 3. The van der Waals surface area contributed by atoms with Gasteiger partial charge in [-0.3, -0.25) is 4.68 Å². The van der Waals surface area contributed by atoms with Crippen molar-refractivity contribution >= 4 is 0 Å². The van der Waals surface area contributed by atoms with Crippen molar-refractivity contribution in [1.82, 2.24) is 15.1 Å². The zero-order valence-electron chi connectivity index (χ0n) is 12.2. The van der Waals surface area contributed by atoms with Crippen LogP contribution in [-0.2, 0) is 13.6 Å². The number of benzene rings is 1. The molecule has 0 aliphatic heterocycles. The fourth-order valence-electron chi connectivity index (χ4n) is 2.50. The summed E-state index contributed by atoms with van der Waals surface area (Å²) >= 11 is 0. The van der Waals surface area contributed by atoms with E-state index in [0.717, 1.165) is 29.1 Å². The van der Waals surface area contributed by atoms with E-state index < -0.39 is 0 Å². The molecule has 0 saturated heterocycles. The first-order valence-electron chi connectivity index (χ1n) is 6.39. The number of rotatable bonds is 4. The molecular formula is C15H21N3O. The SMILES string of the molecule is CNCc1nn(C)cc1-c1cc(C)c(OC)c(C)c1. The molecule has 0 bridgehead atoms. The lowest BCUT2D eigenvalue weighted by Crippen LogP contribution is -2.07. The zero-order valence-corrected chi connectivity index (χ0v) is 12.2. The number of nitrogens with one attached hydrogen (secondary N) is 1. The van der Waals surface area contributed by atoms with Crippen molar-refractivity contribution in [3.8, 4) is 16.9 Å². The van der Waals surface area contributed by atoms with Gasteiger partial charge in [0.25, 0.3) is 0 Å². The Morgan fingerprint density at radius 2 is 1.89 bits per heavy atom. The maximum absolute atomic E-state index is 5.42. The van der Waals surface area contributed by atoms with Crippen LogP contribution in [0, 0.1) is 13.8 Å². The maximum Gasteiger partial charge on any atom is 0.124 e. The van der Waals surface area contributed by atoms with Crippen LogP contribution >= 0.6 is 0 Å². The van der Waals surface area contributed by atoms with Crippen molar-refractivity contribution in [2.75, 3.05) is 14.2 Å². The summed E-state index contributed by atoms with van der Waals surface area (Å²) in [6, 6.07) is 4.31. The number of ether oxygens (including phenoxy) is 1. The Labute approximate surface area is 114 Å². The van der Waals surface area contributed by atoms with Gasteiger partial charge in [0.2, 0.25) is 0 Å². The van der Waals surface area contributed by atoms with E-state index in [1.54, 1.807) is 7.11 Å². The summed E-state index contributed by atoms with van der Waals surface area (Å²) in [6.07, 6.45) is 2.06. The summed E-state index contributed by atoms with van der Waals surface area (Å²) in [6.45, 7) is 4.91. The number of hydrogen-bond donors (Lipinski definition) is 1. The normalized spacial score (nSPS) is 10.8. The van der Waals surface area contributed by atoms with Gasteiger partial charge >= 0.3 is 0 Å². The van der Waals surface area contributed by atoms with Crippen molar-refractivity contribution in [1.29, 1.82) is 0 Å². The van der Waals surface area contributed by atoms with E-state index in [0.29, 0.717) is 0 Å². The van der Waals surface area contributed by atoms with Crippen LogP contribution in [0.1, 0.15) is 16.8 Å². The first-order valence-corrected chi connectivity index (χ1v) is 6.39. The largest absolute Gasteiger partial charge is 0.496 e. The molecule has 1 aromatic heterocycles. The Morgan fingerprint density at radius 3 is 2.42 bits per heavy atom. The molecule has 1 aromatic carbocycles. The summed E-state index contributed by atoms with van der Waals surface area (Å²) in [4.78, 5) is 0. The minimum atomic E-state index is 0.764. The van der Waals surface area contributed by atoms with Crippen molar-refractivity contribution in [3.63, 3.8) is 0 Å². The minimum Gasteiger partial charge on any atom is -0.496 e. The van der Waals surface area contributed by atoms with Gasteiger partial charge < -0.3 is 10.1 Å². The van der Waals surface area contributed by atoms with E-state index in [9.17, 15) is 0 Å². The summed E-state index contributed by atoms with van der Waals surface area (Å²) in [5, 5.41) is 7.66. The second kappa shape index (κ2) is 5.45. The van der Waals surface area contributed by atoms with E-state index >= 15 is 0 Å². The third kappa shape index (κ3) is 2.63. The molecule has 0 fully saturated rings. The molecule has 0 unspecified atom stereocenters. The van der Waals surface area contributed by atoms with E-state index in [-0.39, 0.29) is 0 Å². The molecule has 0 saturated carbocycles. The molecule has 0 aliphatic carbocycles. The average Bonchev–Trinajstić information content (AvgIpc) is 2.70. The first kappa shape index (κ1) is 13.6. The monoisotopic (exact) mass is 259 g/mol. The van der Waals surface area contributed by atoms with Gasteiger partial charge in [0.05, 0.1) is 12.8 Å². The molecule has 1 heterocycles. The van der Waals surface area contributed by atoms with Crippen LogP contribution in [0.15, 0.2) is 18.3 Å². The van der Waals surface area contributed by atoms with Crippen LogP contribution in [0.2, 0.25) is 0 Å². The number of hydrogen-bond acceptors (Lipinski definition) is 3. The van der Waals surface area contributed by atoms with Gasteiger partial charge in [-0.05, 0) is 49.7 Å². The molecule has 0 radical (unpaired) electrons. The quantitative estimate of drug-likeness (QED) is 0.916. The Hall–Kier alpha value is -1.81. The maximum atomic E-state index is 5.42. The Bertz CT molecular complexity index is 564. The van der Waals surface area contributed by atoms with Gasteiger partial charge in [-0.2, -0.15) is 5.10 Å². The lowest BCUT2D eigenvalue weighted by Gasteiger charge is -2.11. The Balaban J connectivity index is 2.53. The molecule has 4 heteroatoms.